The Morgan fingerprint density at radius 2 is 1.94 bits per heavy atom. The molecule has 3 heteroatoms. The van der Waals surface area contributed by atoms with Gasteiger partial charge in [0.25, 0.3) is 0 Å². The number of ether oxygens (including phenoxy) is 1. The zero-order valence-electron chi connectivity index (χ0n) is 10.1. The van der Waals surface area contributed by atoms with E-state index in [0.717, 1.165) is 16.7 Å². The van der Waals surface area contributed by atoms with E-state index in [9.17, 15) is 4.79 Å². The van der Waals surface area contributed by atoms with Crippen molar-refractivity contribution < 1.29 is 14.6 Å². The number of esters is 1. The summed E-state index contributed by atoms with van der Waals surface area (Å²) in [5.74, 6) is -0.361. The molecule has 0 aliphatic carbocycles. The van der Waals surface area contributed by atoms with Gasteiger partial charge < -0.3 is 9.84 Å². The van der Waals surface area contributed by atoms with Gasteiger partial charge in [0.15, 0.2) is 0 Å². The van der Waals surface area contributed by atoms with E-state index >= 15 is 0 Å². The molecule has 0 spiro atoms. The van der Waals surface area contributed by atoms with Crippen molar-refractivity contribution in [3.63, 3.8) is 0 Å². The highest BCUT2D eigenvalue weighted by Crippen LogP contribution is 2.25. The molecule has 0 aliphatic rings. The van der Waals surface area contributed by atoms with Crippen molar-refractivity contribution in [1.82, 2.24) is 0 Å². The van der Waals surface area contributed by atoms with E-state index in [-0.39, 0.29) is 12.6 Å². The normalized spacial score (nSPS) is 10.1. The van der Waals surface area contributed by atoms with E-state index in [1.807, 2.05) is 36.4 Å². The Hall–Kier alpha value is -2.13. The Kier molecular flexibility index (Phi) is 3.75. The summed E-state index contributed by atoms with van der Waals surface area (Å²) < 4.78 is 4.77. The Morgan fingerprint density at radius 3 is 2.67 bits per heavy atom. The lowest BCUT2D eigenvalue weighted by Crippen LogP contribution is -2.03. The Morgan fingerprint density at radius 1 is 1.17 bits per heavy atom. The van der Waals surface area contributed by atoms with Gasteiger partial charge in [-0.15, -0.1) is 0 Å². The van der Waals surface area contributed by atoms with Crippen LogP contribution in [0.3, 0.4) is 0 Å². The highest BCUT2D eigenvalue weighted by Gasteiger charge is 2.12. The van der Waals surface area contributed by atoms with Gasteiger partial charge in [-0.2, -0.15) is 0 Å². The molecule has 0 aliphatic heterocycles. The van der Waals surface area contributed by atoms with Gasteiger partial charge in [-0.3, -0.25) is 0 Å². The van der Waals surface area contributed by atoms with Crippen molar-refractivity contribution in [2.24, 2.45) is 0 Å². The van der Waals surface area contributed by atoms with Gasteiger partial charge in [0.05, 0.1) is 19.3 Å². The fourth-order valence-electron chi connectivity index (χ4n) is 1.86. The van der Waals surface area contributed by atoms with Gasteiger partial charge >= 0.3 is 5.97 Å². The van der Waals surface area contributed by atoms with Crippen molar-refractivity contribution >= 4 is 5.97 Å². The third kappa shape index (κ3) is 2.41. The largest absolute Gasteiger partial charge is 0.465 e. The van der Waals surface area contributed by atoms with Gasteiger partial charge in [0, 0.05) is 0 Å². The lowest BCUT2D eigenvalue weighted by Gasteiger charge is -2.08. The molecule has 2 rings (SSSR count). The summed E-state index contributed by atoms with van der Waals surface area (Å²) in [6.07, 6.45) is 0. The zero-order valence-corrected chi connectivity index (χ0v) is 10.1. The lowest BCUT2D eigenvalue weighted by molar-refractivity contribution is 0.0601. The maximum absolute atomic E-state index is 11.7. The summed E-state index contributed by atoms with van der Waals surface area (Å²) in [7, 11) is 1.36. The molecule has 2 aromatic carbocycles. The number of aliphatic hydroxyl groups excluding tert-OH is 1. The first-order valence-corrected chi connectivity index (χ1v) is 5.63. The molecule has 2 aromatic rings. The standard InChI is InChI=1S/C15H14O3/c1-18-15(17)14-8-3-2-7-13(14)12-6-4-5-11(9-12)10-16/h2-9,16H,10H2,1H3. The van der Waals surface area contributed by atoms with Gasteiger partial charge in [-0.25, -0.2) is 4.79 Å². The summed E-state index contributed by atoms with van der Waals surface area (Å²) in [4.78, 5) is 11.7. The minimum Gasteiger partial charge on any atom is -0.465 e. The second-order valence-electron chi connectivity index (χ2n) is 3.90. The number of methoxy groups -OCH3 is 1. The van der Waals surface area contributed by atoms with E-state index in [2.05, 4.69) is 0 Å². The molecule has 0 unspecified atom stereocenters. The first-order chi connectivity index (χ1) is 8.76. The molecule has 0 aromatic heterocycles. The maximum Gasteiger partial charge on any atom is 0.338 e. The van der Waals surface area contributed by atoms with E-state index in [0.29, 0.717) is 5.56 Å². The van der Waals surface area contributed by atoms with E-state index < -0.39 is 0 Å². The van der Waals surface area contributed by atoms with Crippen LogP contribution in [0.1, 0.15) is 15.9 Å². The van der Waals surface area contributed by atoms with Crippen LogP contribution < -0.4 is 0 Å². The minimum absolute atomic E-state index is 0.0196. The second-order valence-corrected chi connectivity index (χ2v) is 3.90. The average molecular weight is 242 g/mol. The highest BCUT2D eigenvalue weighted by molar-refractivity contribution is 5.97. The molecule has 0 amide bonds. The molecular weight excluding hydrogens is 228 g/mol. The van der Waals surface area contributed by atoms with E-state index in [4.69, 9.17) is 9.84 Å². The van der Waals surface area contributed by atoms with Crippen LogP contribution >= 0.6 is 0 Å². The summed E-state index contributed by atoms with van der Waals surface area (Å²) in [5, 5.41) is 9.14. The lowest BCUT2D eigenvalue weighted by atomic mass is 9.98. The van der Waals surface area contributed by atoms with Gasteiger partial charge in [0.2, 0.25) is 0 Å². The first kappa shape index (κ1) is 12.3. The molecule has 0 fully saturated rings. The van der Waals surface area contributed by atoms with E-state index in [1.165, 1.54) is 7.11 Å². The van der Waals surface area contributed by atoms with Crippen molar-refractivity contribution in [3.8, 4) is 11.1 Å². The molecule has 92 valence electrons. The molecule has 0 heterocycles. The zero-order chi connectivity index (χ0) is 13.0. The molecule has 18 heavy (non-hydrogen) atoms. The fourth-order valence-corrected chi connectivity index (χ4v) is 1.86. The SMILES string of the molecule is COC(=O)c1ccccc1-c1cccc(CO)c1. The monoisotopic (exact) mass is 242 g/mol. The highest BCUT2D eigenvalue weighted by atomic mass is 16.5. The van der Waals surface area contributed by atoms with E-state index in [1.54, 1.807) is 12.1 Å². The van der Waals surface area contributed by atoms with Crippen molar-refractivity contribution in [3.05, 3.63) is 59.7 Å². The molecule has 0 bridgehead atoms. The smallest absolute Gasteiger partial charge is 0.338 e. The predicted molar refractivity (Wildman–Crippen MR) is 69.1 cm³/mol. The number of carbonyl (C=O) groups excluding carboxylic acids is 1. The number of benzene rings is 2. The minimum atomic E-state index is -0.361. The van der Waals surface area contributed by atoms with Crippen LogP contribution in [0.5, 0.6) is 0 Å². The molecule has 1 N–H and O–H groups in total. The quantitative estimate of drug-likeness (QED) is 0.841. The van der Waals surface area contributed by atoms with Crippen LogP contribution in [0.15, 0.2) is 48.5 Å². The molecule has 0 radical (unpaired) electrons. The second kappa shape index (κ2) is 5.47. The van der Waals surface area contributed by atoms with Crippen LogP contribution in [0.4, 0.5) is 0 Å². The molecule has 0 saturated carbocycles. The Bertz CT molecular complexity index is 561. The molecule has 3 nitrogen and oxygen atoms in total. The van der Waals surface area contributed by atoms with Crippen molar-refractivity contribution in [2.45, 2.75) is 6.61 Å². The van der Waals surface area contributed by atoms with Crippen LogP contribution in [0.25, 0.3) is 11.1 Å². The predicted octanol–water partition coefficient (Wildman–Crippen LogP) is 2.63. The van der Waals surface area contributed by atoms with Gasteiger partial charge in [0.1, 0.15) is 0 Å². The summed E-state index contributed by atoms with van der Waals surface area (Å²) in [5.41, 5.74) is 3.03. The summed E-state index contributed by atoms with van der Waals surface area (Å²) in [6, 6.07) is 14.7. The number of hydrogen-bond acceptors (Lipinski definition) is 3. The Balaban J connectivity index is 2.53. The van der Waals surface area contributed by atoms with Crippen molar-refractivity contribution in [1.29, 1.82) is 0 Å². The topological polar surface area (TPSA) is 46.5 Å². The van der Waals surface area contributed by atoms with Crippen LogP contribution in [0, 0.1) is 0 Å². The first-order valence-electron chi connectivity index (χ1n) is 5.63. The number of carbonyl (C=O) groups is 1. The summed E-state index contributed by atoms with van der Waals surface area (Å²) >= 11 is 0. The number of aliphatic hydroxyl groups is 1. The third-order valence-corrected chi connectivity index (χ3v) is 2.75. The summed E-state index contributed by atoms with van der Waals surface area (Å²) in [6.45, 7) is -0.0196. The van der Waals surface area contributed by atoms with Gasteiger partial charge in [-0.05, 0) is 28.8 Å². The maximum atomic E-state index is 11.7. The van der Waals surface area contributed by atoms with Crippen LogP contribution in [-0.4, -0.2) is 18.2 Å². The average Bonchev–Trinajstić information content (AvgIpc) is 2.46. The third-order valence-electron chi connectivity index (χ3n) is 2.75. The fraction of sp³-hybridized carbons (Fsp3) is 0.133. The number of hydrogen-bond donors (Lipinski definition) is 1. The molecule has 0 atom stereocenters. The Labute approximate surface area is 106 Å². The molecule has 0 saturated heterocycles. The van der Waals surface area contributed by atoms with Gasteiger partial charge in [-0.1, -0.05) is 36.4 Å². The van der Waals surface area contributed by atoms with Crippen LogP contribution in [-0.2, 0) is 11.3 Å². The van der Waals surface area contributed by atoms with Crippen LogP contribution in [0.2, 0.25) is 0 Å². The number of rotatable bonds is 3. The van der Waals surface area contributed by atoms with Crippen molar-refractivity contribution in [2.75, 3.05) is 7.11 Å². The molecular formula is C15H14O3.